The third-order valence-corrected chi connectivity index (χ3v) is 6.85. The van der Waals surface area contributed by atoms with Crippen molar-refractivity contribution in [3.05, 3.63) is 70.8 Å². The number of rotatable bonds is 5. The highest BCUT2D eigenvalue weighted by atomic mass is 16.5. The number of hydrogen-bond donors (Lipinski definition) is 1. The minimum Gasteiger partial charge on any atom is -0.497 e. The second-order valence-corrected chi connectivity index (χ2v) is 9.92. The number of methoxy groups -OCH3 is 1. The summed E-state index contributed by atoms with van der Waals surface area (Å²) in [5, 5.41) is 3.51. The van der Waals surface area contributed by atoms with Gasteiger partial charge >= 0.3 is 0 Å². The Hall–Kier alpha value is -3.08. The Morgan fingerprint density at radius 3 is 2.36 bits per heavy atom. The van der Waals surface area contributed by atoms with Gasteiger partial charge in [0, 0.05) is 47.1 Å². The van der Waals surface area contributed by atoms with Crippen LogP contribution in [0.15, 0.2) is 48.5 Å². The van der Waals surface area contributed by atoms with Crippen molar-refractivity contribution >= 4 is 17.4 Å². The Morgan fingerprint density at radius 1 is 1.03 bits per heavy atom. The van der Waals surface area contributed by atoms with Gasteiger partial charge in [-0.2, -0.15) is 0 Å². The van der Waals surface area contributed by atoms with E-state index in [2.05, 4.69) is 25.2 Å². The number of fused-ring (bicyclic) bond motifs is 1. The van der Waals surface area contributed by atoms with Gasteiger partial charge in [-0.1, -0.05) is 37.5 Å². The van der Waals surface area contributed by atoms with E-state index in [4.69, 9.17) is 4.74 Å². The van der Waals surface area contributed by atoms with Gasteiger partial charge in [0.25, 0.3) is 5.91 Å². The molecular formula is C28H34N2O3. The summed E-state index contributed by atoms with van der Waals surface area (Å²) in [5.74, 6) is 0.693. The summed E-state index contributed by atoms with van der Waals surface area (Å²) in [6.07, 6.45) is 8.29. The number of amides is 1. The molecule has 5 heteroatoms. The third-order valence-electron chi connectivity index (χ3n) is 6.85. The zero-order valence-corrected chi connectivity index (χ0v) is 20.1. The zero-order valence-electron chi connectivity index (χ0n) is 20.1. The molecule has 1 amide bonds. The lowest BCUT2D eigenvalue weighted by Gasteiger charge is -2.35. The molecule has 2 aromatic rings. The smallest absolute Gasteiger partial charge is 0.253 e. The quantitative estimate of drug-likeness (QED) is 0.504. The molecule has 1 fully saturated rings. The Bertz CT molecular complexity index is 1060. The maximum Gasteiger partial charge on any atom is 0.253 e. The van der Waals surface area contributed by atoms with Crippen molar-refractivity contribution in [3.8, 4) is 5.75 Å². The van der Waals surface area contributed by atoms with Gasteiger partial charge in [-0.25, -0.2) is 0 Å². The molecule has 1 heterocycles. The summed E-state index contributed by atoms with van der Waals surface area (Å²) in [5.41, 5.74) is 4.00. The lowest BCUT2D eigenvalue weighted by atomic mass is 9.85. The molecule has 0 atom stereocenters. The van der Waals surface area contributed by atoms with Gasteiger partial charge < -0.3 is 15.0 Å². The molecule has 0 bridgehead atoms. The van der Waals surface area contributed by atoms with E-state index in [1.165, 1.54) is 24.8 Å². The zero-order chi connectivity index (χ0) is 23.6. The molecule has 0 unspecified atom stereocenters. The molecule has 1 aliphatic carbocycles. The Morgan fingerprint density at radius 2 is 1.70 bits per heavy atom. The predicted octanol–water partition coefficient (Wildman–Crippen LogP) is 5.25. The van der Waals surface area contributed by atoms with Crippen LogP contribution in [0.5, 0.6) is 5.75 Å². The highest BCUT2D eigenvalue weighted by molar-refractivity contribution is 6.09. The first-order valence-corrected chi connectivity index (χ1v) is 11.9. The summed E-state index contributed by atoms with van der Waals surface area (Å²) >= 11 is 0. The van der Waals surface area contributed by atoms with E-state index < -0.39 is 0 Å². The number of carbonyl (C=O) groups excluding carboxylic acids is 2. The van der Waals surface area contributed by atoms with Crippen LogP contribution in [0.25, 0.3) is 5.70 Å². The molecule has 0 aromatic heterocycles. The van der Waals surface area contributed by atoms with Crippen molar-refractivity contribution in [1.29, 1.82) is 0 Å². The van der Waals surface area contributed by atoms with Crippen LogP contribution in [0.1, 0.15) is 77.8 Å². The van der Waals surface area contributed by atoms with Crippen molar-refractivity contribution in [2.75, 3.05) is 14.2 Å². The molecule has 4 rings (SSSR count). The van der Waals surface area contributed by atoms with Crippen LogP contribution < -0.4 is 10.1 Å². The minimum absolute atomic E-state index is 0.0240. The Balaban J connectivity index is 1.54. The average Bonchev–Trinajstić information content (AvgIpc) is 2.83. The SMILES string of the molecule is COc1ccc2c(c1)C(=CC(=O)c1ccc(C(=O)N(C)C3CCCCC3)cc1)NC(C)(C)C2. The van der Waals surface area contributed by atoms with Crippen molar-refractivity contribution in [2.24, 2.45) is 0 Å². The normalized spacial score (nSPS) is 18.8. The van der Waals surface area contributed by atoms with Crippen LogP contribution in [0.3, 0.4) is 0 Å². The van der Waals surface area contributed by atoms with E-state index in [1.54, 1.807) is 37.5 Å². The van der Waals surface area contributed by atoms with Gasteiger partial charge in [0.15, 0.2) is 5.78 Å². The lowest BCUT2D eigenvalue weighted by Crippen LogP contribution is -2.43. The highest BCUT2D eigenvalue weighted by Gasteiger charge is 2.28. The van der Waals surface area contributed by atoms with Crippen LogP contribution in [-0.4, -0.2) is 42.3 Å². The summed E-state index contributed by atoms with van der Waals surface area (Å²) in [6, 6.07) is 13.3. The first-order chi connectivity index (χ1) is 15.8. The number of benzene rings is 2. The molecule has 33 heavy (non-hydrogen) atoms. The molecule has 174 valence electrons. The van der Waals surface area contributed by atoms with Crippen LogP contribution in [0.2, 0.25) is 0 Å². The monoisotopic (exact) mass is 446 g/mol. The minimum atomic E-state index is -0.159. The van der Waals surface area contributed by atoms with Crippen molar-refractivity contribution in [3.63, 3.8) is 0 Å². The number of ketones is 1. The second-order valence-electron chi connectivity index (χ2n) is 9.92. The first-order valence-electron chi connectivity index (χ1n) is 11.9. The summed E-state index contributed by atoms with van der Waals surface area (Å²) in [7, 11) is 3.54. The van der Waals surface area contributed by atoms with Gasteiger partial charge in [-0.3, -0.25) is 9.59 Å². The van der Waals surface area contributed by atoms with Crippen LogP contribution in [0.4, 0.5) is 0 Å². The molecule has 0 spiro atoms. The predicted molar refractivity (Wildman–Crippen MR) is 132 cm³/mol. The lowest BCUT2D eigenvalue weighted by molar-refractivity contribution is 0.0696. The number of carbonyl (C=O) groups is 2. The summed E-state index contributed by atoms with van der Waals surface area (Å²) < 4.78 is 5.39. The maximum absolute atomic E-state index is 13.1. The van der Waals surface area contributed by atoms with E-state index in [1.807, 2.05) is 24.1 Å². The van der Waals surface area contributed by atoms with Gasteiger partial charge in [0.2, 0.25) is 0 Å². The number of ether oxygens (including phenoxy) is 1. The highest BCUT2D eigenvalue weighted by Crippen LogP contribution is 2.32. The fourth-order valence-electron chi connectivity index (χ4n) is 4.98. The largest absolute Gasteiger partial charge is 0.497 e. The van der Waals surface area contributed by atoms with Gasteiger partial charge in [0.05, 0.1) is 7.11 Å². The number of allylic oxidation sites excluding steroid dienone is 1. The maximum atomic E-state index is 13.1. The van der Waals surface area contributed by atoms with Gasteiger partial charge in [0.1, 0.15) is 5.75 Å². The first kappa shape index (κ1) is 23.1. The van der Waals surface area contributed by atoms with E-state index in [9.17, 15) is 9.59 Å². The number of hydrogen-bond acceptors (Lipinski definition) is 4. The molecule has 1 N–H and O–H groups in total. The second kappa shape index (κ2) is 9.42. The van der Waals surface area contributed by atoms with E-state index in [0.29, 0.717) is 17.2 Å². The average molecular weight is 447 g/mol. The fraction of sp³-hybridized carbons (Fsp3) is 0.429. The molecule has 2 aliphatic rings. The third kappa shape index (κ3) is 5.13. The molecule has 0 saturated heterocycles. The van der Waals surface area contributed by atoms with Crippen LogP contribution in [0, 0.1) is 0 Å². The molecule has 0 radical (unpaired) electrons. The summed E-state index contributed by atoms with van der Waals surface area (Å²) in [6.45, 7) is 4.25. The van der Waals surface area contributed by atoms with Crippen molar-refractivity contribution < 1.29 is 14.3 Å². The molecule has 1 aliphatic heterocycles. The van der Waals surface area contributed by atoms with Gasteiger partial charge in [-0.05, 0) is 62.9 Å². The van der Waals surface area contributed by atoms with Gasteiger partial charge in [-0.15, -0.1) is 0 Å². The summed E-state index contributed by atoms with van der Waals surface area (Å²) in [4.78, 5) is 27.9. The fourth-order valence-corrected chi connectivity index (χ4v) is 4.98. The number of nitrogens with zero attached hydrogens (tertiary/aromatic N) is 1. The molecular weight excluding hydrogens is 412 g/mol. The number of nitrogens with one attached hydrogen (secondary N) is 1. The standard InChI is InChI=1S/C28H34N2O3/c1-28(2)18-21-14-15-23(33-4)16-24(21)25(29-28)17-26(31)19-10-12-20(13-11-19)27(32)30(3)22-8-6-5-7-9-22/h10-17,22,29H,5-9,18H2,1-4H3. The Kier molecular flexibility index (Phi) is 6.59. The van der Waals surface area contributed by atoms with Crippen molar-refractivity contribution in [1.82, 2.24) is 10.2 Å². The molecule has 1 saturated carbocycles. The van der Waals surface area contributed by atoms with E-state index >= 15 is 0 Å². The van der Waals surface area contributed by atoms with E-state index in [-0.39, 0.29) is 17.2 Å². The topological polar surface area (TPSA) is 58.6 Å². The van der Waals surface area contributed by atoms with Crippen molar-refractivity contribution in [2.45, 2.75) is 64.0 Å². The van der Waals surface area contributed by atoms with Crippen LogP contribution in [-0.2, 0) is 6.42 Å². The molecule has 2 aromatic carbocycles. The van der Waals surface area contributed by atoms with Crippen LogP contribution >= 0.6 is 0 Å². The Labute approximate surface area is 196 Å². The molecule has 5 nitrogen and oxygen atoms in total. The van der Waals surface area contributed by atoms with E-state index in [0.717, 1.165) is 36.3 Å².